The minimum absolute atomic E-state index is 0.476. The van der Waals surface area contributed by atoms with Crippen molar-refractivity contribution in [2.75, 3.05) is 0 Å². The van der Waals surface area contributed by atoms with Gasteiger partial charge >= 0.3 is 0 Å². The van der Waals surface area contributed by atoms with Crippen molar-refractivity contribution in [3.8, 4) is 0 Å². The Labute approximate surface area is 112 Å². The Morgan fingerprint density at radius 3 is 2.72 bits per heavy atom. The summed E-state index contributed by atoms with van der Waals surface area (Å²) < 4.78 is 5.60. The molecule has 1 aromatic carbocycles. The van der Waals surface area contributed by atoms with Crippen LogP contribution >= 0.6 is 11.8 Å². The first-order chi connectivity index (χ1) is 8.85. The summed E-state index contributed by atoms with van der Waals surface area (Å²) in [7, 11) is 0. The van der Waals surface area contributed by atoms with Gasteiger partial charge < -0.3 is 10.2 Å². The third-order valence-corrected chi connectivity index (χ3v) is 4.39. The Bertz CT molecular complexity index is 547. The predicted octanol–water partition coefficient (Wildman–Crippen LogP) is 3.52. The molecule has 0 aliphatic heterocycles. The third-order valence-electron chi connectivity index (χ3n) is 3.37. The molecule has 2 nitrogen and oxygen atoms in total. The van der Waals surface area contributed by atoms with Crippen molar-refractivity contribution >= 4 is 11.8 Å². The molecule has 0 atom stereocenters. The normalized spacial score (nSPS) is 13.8. The molecule has 1 aliphatic rings. The van der Waals surface area contributed by atoms with Gasteiger partial charge in [0.1, 0.15) is 11.5 Å². The number of furan rings is 1. The molecular weight excluding hydrogens is 242 g/mol. The summed E-state index contributed by atoms with van der Waals surface area (Å²) in [6.07, 6.45) is 3.79. The summed E-state index contributed by atoms with van der Waals surface area (Å²) in [5, 5.41) is 0. The fourth-order valence-corrected chi connectivity index (χ4v) is 3.26. The maximum atomic E-state index is 5.60. The van der Waals surface area contributed by atoms with Gasteiger partial charge in [0.15, 0.2) is 0 Å². The van der Waals surface area contributed by atoms with Crippen LogP contribution in [-0.4, -0.2) is 0 Å². The summed E-state index contributed by atoms with van der Waals surface area (Å²) in [6.45, 7) is 0.476. The van der Waals surface area contributed by atoms with E-state index in [1.54, 1.807) is 0 Å². The lowest BCUT2D eigenvalue weighted by Crippen LogP contribution is -1.92. The highest BCUT2D eigenvalue weighted by molar-refractivity contribution is 7.98. The third kappa shape index (κ3) is 2.47. The zero-order chi connectivity index (χ0) is 12.4. The smallest absolute Gasteiger partial charge is 0.117 e. The lowest BCUT2D eigenvalue weighted by atomic mass is 10.1. The second-order valence-electron chi connectivity index (χ2n) is 4.64. The van der Waals surface area contributed by atoms with Crippen molar-refractivity contribution in [3.05, 3.63) is 53.0 Å². The van der Waals surface area contributed by atoms with Crippen LogP contribution in [-0.2, 0) is 25.1 Å². The van der Waals surface area contributed by atoms with Gasteiger partial charge in [0.25, 0.3) is 0 Å². The number of hydrogen-bond donors (Lipinski definition) is 1. The fraction of sp³-hybridized carbons (Fsp3) is 0.333. The zero-order valence-corrected chi connectivity index (χ0v) is 11.1. The average molecular weight is 259 g/mol. The van der Waals surface area contributed by atoms with Crippen molar-refractivity contribution in [1.29, 1.82) is 0 Å². The van der Waals surface area contributed by atoms with E-state index >= 15 is 0 Å². The van der Waals surface area contributed by atoms with Crippen LogP contribution in [0.4, 0.5) is 0 Å². The molecule has 1 heterocycles. The Morgan fingerprint density at radius 1 is 1.06 bits per heavy atom. The molecular formula is C15H17NOS. The Morgan fingerprint density at radius 2 is 1.89 bits per heavy atom. The summed E-state index contributed by atoms with van der Waals surface area (Å²) >= 11 is 1.83. The molecule has 0 bridgehead atoms. The highest BCUT2D eigenvalue weighted by Crippen LogP contribution is 2.29. The summed E-state index contributed by atoms with van der Waals surface area (Å²) in [4.78, 5) is 1.33. The van der Waals surface area contributed by atoms with Crippen LogP contribution in [0.25, 0.3) is 0 Å². The zero-order valence-electron chi connectivity index (χ0n) is 10.3. The maximum Gasteiger partial charge on any atom is 0.117 e. The maximum absolute atomic E-state index is 5.60. The van der Waals surface area contributed by atoms with E-state index < -0.39 is 0 Å². The molecule has 0 radical (unpaired) electrons. The largest absolute Gasteiger partial charge is 0.464 e. The minimum Gasteiger partial charge on any atom is -0.464 e. The van der Waals surface area contributed by atoms with Gasteiger partial charge in [0.05, 0.1) is 12.3 Å². The van der Waals surface area contributed by atoms with E-state index in [9.17, 15) is 0 Å². The van der Waals surface area contributed by atoms with Gasteiger partial charge in [-0.05, 0) is 54.7 Å². The summed E-state index contributed by atoms with van der Waals surface area (Å²) in [6, 6.07) is 10.8. The lowest BCUT2D eigenvalue weighted by Gasteiger charge is -2.03. The molecule has 0 saturated heterocycles. The molecule has 0 spiro atoms. The molecule has 0 amide bonds. The van der Waals surface area contributed by atoms with E-state index in [4.69, 9.17) is 10.2 Å². The van der Waals surface area contributed by atoms with Gasteiger partial charge in [-0.3, -0.25) is 0 Å². The van der Waals surface area contributed by atoms with Gasteiger partial charge in [-0.15, -0.1) is 11.8 Å². The van der Waals surface area contributed by atoms with Crippen molar-refractivity contribution in [3.63, 3.8) is 0 Å². The Kier molecular flexibility index (Phi) is 3.43. The van der Waals surface area contributed by atoms with E-state index in [2.05, 4.69) is 18.2 Å². The van der Waals surface area contributed by atoms with Crippen LogP contribution in [0, 0.1) is 0 Å². The molecule has 2 N–H and O–H groups in total. The number of rotatable bonds is 4. The van der Waals surface area contributed by atoms with Gasteiger partial charge in [-0.2, -0.15) is 0 Å². The molecule has 0 saturated carbocycles. The standard InChI is InChI=1S/C15H17NOS/c16-9-13-5-6-14(17-13)10-18-15-7-4-11-2-1-3-12(11)8-15/h4-8H,1-3,9-10,16H2. The number of aryl methyl sites for hydroxylation is 2. The number of fused-ring (bicyclic) bond motifs is 1. The number of nitrogens with two attached hydrogens (primary N) is 1. The molecule has 1 aromatic heterocycles. The van der Waals surface area contributed by atoms with E-state index in [0.717, 1.165) is 17.3 Å². The highest BCUT2D eigenvalue weighted by Gasteiger charge is 2.11. The van der Waals surface area contributed by atoms with Crippen LogP contribution < -0.4 is 5.73 Å². The molecule has 0 fully saturated rings. The first-order valence-corrected chi connectivity index (χ1v) is 7.36. The second-order valence-corrected chi connectivity index (χ2v) is 5.69. The topological polar surface area (TPSA) is 39.2 Å². The Hall–Kier alpha value is -1.19. The Balaban J connectivity index is 1.66. The summed E-state index contributed by atoms with van der Waals surface area (Å²) in [5.41, 5.74) is 8.59. The second kappa shape index (κ2) is 5.21. The first-order valence-electron chi connectivity index (χ1n) is 6.37. The minimum atomic E-state index is 0.476. The van der Waals surface area contributed by atoms with E-state index in [1.165, 1.54) is 35.3 Å². The van der Waals surface area contributed by atoms with E-state index in [-0.39, 0.29) is 0 Å². The molecule has 0 unspecified atom stereocenters. The van der Waals surface area contributed by atoms with Crippen molar-refractivity contribution in [2.45, 2.75) is 36.5 Å². The van der Waals surface area contributed by atoms with Crippen LogP contribution in [0.3, 0.4) is 0 Å². The van der Waals surface area contributed by atoms with Crippen molar-refractivity contribution < 1.29 is 4.42 Å². The number of thioether (sulfide) groups is 1. The van der Waals surface area contributed by atoms with E-state index in [0.29, 0.717) is 6.54 Å². The van der Waals surface area contributed by atoms with Gasteiger partial charge in [-0.1, -0.05) is 6.07 Å². The quantitative estimate of drug-likeness (QED) is 0.854. The van der Waals surface area contributed by atoms with Gasteiger partial charge in [0, 0.05) is 4.90 Å². The molecule has 3 rings (SSSR count). The van der Waals surface area contributed by atoms with Crippen LogP contribution in [0.15, 0.2) is 39.6 Å². The molecule has 2 aromatic rings. The molecule has 94 valence electrons. The molecule has 3 heteroatoms. The summed E-state index contributed by atoms with van der Waals surface area (Å²) in [5.74, 6) is 2.74. The first kappa shape index (κ1) is 11.9. The molecule has 18 heavy (non-hydrogen) atoms. The average Bonchev–Trinajstić information content (AvgIpc) is 3.04. The number of hydrogen-bond acceptors (Lipinski definition) is 3. The van der Waals surface area contributed by atoms with Crippen LogP contribution in [0.5, 0.6) is 0 Å². The SMILES string of the molecule is NCc1ccc(CSc2ccc3c(c2)CCC3)o1. The fourth-order valence-electron chi connectivity index (χ4n) is 2.40. The van der Waals surface area contributed by atoms with Gasteiger partial charge in [0.2, 0.25) is 0 Å². The predicted molar refractivity (Wildman–Crippen MR) is 74.6 cm³/mol. The monoisotopic (exact) mass is 259 g/mol. The lowest BCUT2D eigenvalue weighted by molar-refractivity contribution is 0.482. The van der Waals surface area contributed by atoms with Crippen molar-refractivity contribution in [2.24, 2.45) is 5.73 Å². The van der Waals surface area contributed by atoms with Crippen LogP contribution in [0.1, 0.15) is 29.1 Å². The van der Waals surface area contributed by atoms with Crippen molar-refractivity contribution in [1.82, 2.24) is 0 Å². The van der Waals surface area contributed by atoms with E-state index in [1.807, 2.05) is 23.9 Å². The number of benzene rings is 1. The molecule has 1 aliphatic carbocycles. The van der Waals surface area contributed by atoms with Crippen LogP contribution in [0.2, 0.25) is 0 Å². The van der Waals surface area contributed by atoms with Gasteiger partial charge in [-0.25, -0.2) is 0 Å². The highest BCUT2D eigenvalue weighted by atomic mass is 32.2.